The average Bonchev–Trinajstić information content (AvgIpc) is 2.61. The summed E-state index contributed by atoms with van der Waals surface area (Å²) in [6.45, 7) is 4.48. The van der Waals surface area contributed by atoms with Gasteiger partial charge in [0.2, 0.25) is 5.91 Å². The highest BCUT2D eigenvalue weighted by Crippen LogP contribution is 2.31. The molecule has 1 N–H and O–H groups in total. The summed E-state index contributed by atoms with van der Waals surface area (Å²) in [7, 11) is 1.74. The van der Waals surface area contributed by atoms with E-state index in [0.29, 0.717) is 22.6 Å². The second-order valence-electron chi connectivity index (χ2n) is 7.30. The Labute approximate surface area is 163 Å². The highest BCUT2D eigenvalue weighted by molar-refractivity contribution is 8.00. The molecule has 0 unspecified atom stereocenters. The van der Waals surface area contributed by atoms with Gasteiger partial charge in [-0.15, -0.1) is 11.8 Å². The Hall–Kier alpha value is -1.46. The molecule has 0 aliphatic heterocycles. The Kier molecular flexibility index (Phi) is 5.98. The lowest BCUT2D eigenvalue weighted by molar-refractivity contribution is -0.119. The average molecular weight is 393 g/mol. The van der Waals surface area contributed by atoms with E-state index in [2.05, 4.69) is 19.2 Å². The van der Waals surface area contributed by atoms with Crippen LogP contribution >= 0.6 is 23.4 Å². The van der Waals surface area contributed by atoms with Gasteiger partial charge in [-0.2, -0.15) is 0 Å². The third-order valence-corrected chi connectivity index (χ3v) is 6.87. The molecular formula is C20H25ClN2O2S. The number of aromatic nitrogens is 1. The van der Waals surface area contributed by atoms with Crippen molar-refractivity contribution in [3.05, 3.63) is 39.6 Å². The molecule has 26 heavy (non-hydrogen) atoms. The van der Waals surface area contributed by atoms with Gasteiger partial charge in [-0.3, -0.25) is 9.59 Å². The molecular weight excluding hydrogens is 368 g/mol. The standard InChI is InChI=1S/C20H25ClN2O2S/c1-12-5-4-6-16(13(12)2)22-19(24)11-26-18-10-20(25)23(3)17-8-7-14(21)9-15(17)18/h7-10,12-13,16H,4-6,11H2,1-3H3,(H,22,24)/t12-,13-,16+/m1/s1. The lowest BCUT2D eigenvalue weighted by atomic mass is 9.78. The number of rotatable bonds is 4. The first-order chi connectivity index (χ1) is 12.4. The van der Waals surface area contributed by atoms with E-state index in [1.54, 1.807) is 23.7 Å². The zero-order valence-corrected chi connectivity index (χ0v) is 17.0. The lowest BCUT2D eigenvalue weighted by Gasteiger charge is -2.34. The monoisotopic (exact) mass is 392 g/mol. The van der Waals surface area contributed by atoms with Crippen LogP contribution in [0, 0.1) is 11.8 Å². The molecule has 140 valence electrons. The largest absolute Gasteiger partial charge is 0.352 e. The Morgan fingerprint density at radius 2 is 2.08 bits per heavy atom. The van der Waals surface area contributed by atoms with Crippen LogP contribution in [-0.2, 0) is 11.8 Å². The Bertz CT molecular complexity index is 880. The number of thioether (sulfide) groups is 1. The van der Waals surface area contributed by atoms with E-state index in [4.69, 9.17) is 11.6 Å². The molecule has 1 heterocycles. The third kappa shape index (κ3) is 4.09. The fourth-order valence-corrected chi connectivity index (χ4v) is 4.75. The molecule has 2 aromatic rings. The number of carbonyl (C=O) groups excluding carboxylic acids is 1. The second kappa shape index (κ2) is 8.05. The van der Waals surface area contributed by atoms with Gasteiger partial charge in [0.15, 0.2) is 0 Å². The van der Waals surface area contributed by atoms with Gasteiger partial charge in [0.05, 0.1) is 11.3 Å². The number of benzene rings is 1. The zero-order chi connectivity index (χ0) is 18.8. The van der Waals surface area contributed by atoms with E-state index in [1.165, 1.54) is 24.6 Å². The number of nitrogens with zero attached hydrogens (tertiary/aromatic N) is 1. The molecule has 0 saturated heterocycles. The molecule has 1 aliphatic rings. The SMILES string of the molecule is C[C@@H]1[C@H](C)CCC[C@@H]1NC(=O)CSc1cc(=O)n(C)c2ccc(Cl)cc12. The molecule has 1 aromatic carbocycles. The van der Waals surface area contributed by atoms with Crippen LogP contribution in [0.3, 0.4) is 0 Å². The third-order valence-electron chi connectivity index (χ3n) is 5.58. The summed E-state index contributed by atoms with van der Waals surface area (Å²) in [5, 5.41) is 4.70. The summed E-state index contributed by atoms with van der Waals surface area (Å²) in [4.78, 5) is 25.4. The topological polar surface area (TPSA) is 51.1 Å². The zero-order valence-electron chi connectivity index (χ0n) is 15.4. The minimum Gasteiger partial charge on any atom is -0.352 e. The van der Waals surface area contributed by atoms with E-state index in [0.717, 1.165) is 22.2 Å². The smallest absolute Gasteiger partial charge is 0.251 e. The molecule has 4 nitrogen and oxygen atoms in total. The molecule has 1 aliphatic carbocycles. The molecule has 1 saturated carbocycles. The van der Waals surface area contributed by atoms with E-state index < -0.39 is 0 Å². The number of pyridine rings is 1. The fraction of sp³-hybridized carbons (Fsp3) is 0.500. The van der Waals surface area contributed by atoms with Crippen molar-refractivity contribution in [2.45, 2.75) is 44.0 Å². The van der Waals surface area contributed by atoms with Crippen LogP contribution in [0.1, 0.15) is 33.1 Å². The maximum atomic E-state index is 12.5. The maximum Gasteiger partial charge on any atom is 0.251 e. The summed E-state index contributed by atoms with van der Waals surface area (Å²) in [5.74, 6) is 1.47. The fourth-order valence-electron chi connectivity index (χ4n) is 3.70. The van der Waals surface area contributed by atoms with Crippen molar-refractivity contribution >= 4 is 40.2 Å². The second-order valence-corrected chi connectivity index (χ2v) is 8.75. The van der Waals surface area contributed by atoms with Crippen LogP contribution in [0.4, 0.5) is 0 Å². The van der Waals surface area contributed by atoms with Crippen molar-refractivity contribution in [3.8, 4) is 0 Å². The number of aryl methyl sites for hydroxylation is 1. The highest BCUT2D eigenvalue weighted by atomic mass is 35.5. The van der Waals surface area contributed by atoms with Crippen LogP contribution in [-0.4, -0.2) is 22.3 Å². The van der Waals surface area contributed by atoms with Gasteiger partial charge in [0, 0.05) is 34.5 Å². The van der Waals surface area contributed by atoms with E-state index in [9.17, 15) is 9.59 Å². The van der Waals surface area contributed by atoms with Gasteiger partial charge in [-0.05, 0) is 36.5 Å². The maximum absolute atomic E-state index is 12.5. The van der Waals surface area contributed by atoms with Crippen molar-refractivity contribution in [1.82, 2.24) is 9.88 Å². The predicted octanol–water partition coefficient (Wildman–Crippen LogP) is 4.22. The normalized spacial score (nSPS) is 23.2. The van der Waals surface area contributed by atoms with Gasteiger partial charge in [-0.25, -0.2) is 0 Å². The van der Waals surface area contributed by atoms with Crippen molar-refractivity contribution < 1.29 is 4.79 Å². The molecule has 3 atom stereocenters. The van der Waals surface area contributed by atoms with Gasteiger partial charge in [0.25, 0.3) is 5.56 Å². The van der Waals surface area contributed by atoms with E-state index >= 15 is 0 Å². The molecule has 0 bridgehead atoms. The minimum absolute atomic E-state index is 0.0248. The van der Waals surface area contributed by atoms with Crippen LogP contribution in [0.25, 0.3) is 10.9 Å². The summed E-state index contributed by atoms with van der Waals surface area (Å²) in [6, 6.07) is 7.30. The minimum atomic E-state index is -0.0857. The molecule has 1 aromatic heterocycles. The molecule has 6 heteroatoms. The molecule has 1 amide bonds. The quantitative estimate of drug-likeness (QED) is 0.792. The molecule has 0 spiro atoms. The Morgan fingerprint density at radius 1 is 1.31 bits per heavy atom. The number of hydrogen-bond acceptors (Lipinski definition) is 3. The summed E-state index contributed by atoms with van der Waals surface area (Å²) in [6.07, 6.45) is 3.45. The Balaban J connectivity index is 1.73. The lowest BCUT2D eigenvalue weighted by Crippen LogP contribution is -2.44. The number of amides is 1. The first kappa shape index (κ1) is 19.3. The van der Waals surface area contributed by atoms with Gasteiger partial charge in [0.1, 0.15) is 0 Å². The van der Waals surface area contributed by atoms with Gasteiger partial charge in [-0.1, -0.05) is 38.3 Å². The van der Waals surface area contributed by atoms with Gasteiger partial charge >= 0.3 is 0 Å². The highest BCUT2D eigenvalue weighted by Gasteiger charge is 2.28. The van der Waals surface area contributed by atoms with Crippen molar-refractivity contribution in [3.63, 3.8) is 0 Å². The number of carbonyl (C=O) groups is 1. The molecule has 3 rings (SSSR count). The Morgan fingerprint density at radius 3 is 2.85 bits per heavy atom. The first-order valence-corrected chi connectivity index (χ1v) is 10.4. The van der Waals surface area contributed by atoms with E-state index in [-0.39, 0.29) is 17.5 Å². The van der Waals surface area contributed by atoms with Crippen LogP contribution < -0.4 is 10.9 Å². The number of nitrogens with one attached hydrogen (secondary N) is 1. The predicted molar refractivity (Wildman–Crippen MR) is 109 cm³/mol. The summed E-state index contributed by atoms with van der Waals surface area (Å²) < 4.78 is 1.60. The summed E-state index contributed by atoms with van der Waals surface area (Å²) >= 11 is 7.52. The van der Waals surface area contributed by atoms with Crippen molar-refractivity contribution in [2.24, 2.45) is 18.9 Å². The van der Waals surface area contributed by atoms with E-state index in [1.807, 2.05) is 12.1 Å². The number of hydrogen-bond donors (Lipinski definition) is 1. The van der Waals surface area contributed by atoms with Crippen LogP contribution in [0.15, 0.2) is 34.0 Å². The molecule has 0 radical (unpaired) electrons. The molecule has 1 fully saturated rings. The van der Waals surface area contributed by atoms with Crippen molar-refractivity contribution in [2.75, 3.05) is 5.75 Å². The number of halogens is 1. The van der Waals surface area contributed by atoms with Gasteiger partial charge < -0.3 is 9.88 Å². The van der Waals surface area contributed by atoms with Crippen molar-refractivity contribution in [1.29, 1.82) is 0 Å². The first-order valence-electron chi connectivity index (χ1n) is 9.08. The number of fused-ring (bicyclic) bond motifs is 1. The summed E-state index contributed by atoms with van der Waals surface area (Å²) in [5.41, 5.74) is 0.733. The van der Waals surface area contributed by atoms with Crippen LogP contribution in [0.2, 0.25) is 5.02 Å². The van der Waals surface area contributed by atoms with Crippen LogP contribution in [0.5, 0.6) is 0 Å².